The highest BCUT2D eigenvalue weighted by atomic mass is 19.1. The van der Waals surface area contributed by atoms with Crippen LogP contribution in [-0.2, 0) is 0 Å². The van der Waals surface area contributed by atoms with Crippen molar-refractivity contribution in [1.29, 1.82) is 0 Å². The smallest absolute Gasteiger partial charge is 0.181 e. The molecule has 0 saturated heterocycles. The highest BCUT2D eigenvalue weighted by Crippen LogP contribution is 2.31. The molecule has 0 aliphatic carbocycles. The summed E-state index contributed by atoms with van der Waals surface area (Å²) < 4.78 is 33.6. The van der Waals surface area contributed by atoms with Gasteiger partial charge in [0.05, 0.1) is 7.11 Å². The molecule has 20 heavy (non-hydrogen) atoms. The molecule has 3 aromatic rings. The van der Waals surface area contributed by atoms with Gasteiger partial charge in [-0.3, -0.25) is 4.40 Å². The summed E-state index contributed by atoms with van der Waals surface area (Å²) in [5, 5.41) is 0. The zero-order valence-corrected chi connectivity index (χ0v) is 10.6. The molecule has 102 valence electrons. The molecule has 0 atom stereocenters. The first-order chi connectivity index (χ1) is 9.61. The lowest BCUT2D eigenvalue weighted by Gasteiger charge is -2.02. The zero-order chi connectivity index (χ0) is 14.3. The van der Waals surface area contributed by atoms with Crippen molar-refractivity contribution >= 4 is 11.5 Å². The van der Waals surface area contributed by atoms with Gasteiger partial charge in [0.1, 0.15) is 23.1 Å². The van der Waals surface area contributed by atoms with Crippen LogP contribution >= 0.6 is 0 Å². The Bertz CT molecular complexity index is 798. The van der Waals surface area contributed by atoms with Crippen LogP contribution in [0.25, 0.3) is 16.9 Å². The molecule has 0 aliphatic rings. The molecule has 2 aromatic heterocycles. The number of aromatic nitrogens is 2. The average Bonchev–Trinajstić information content (AvgIpc) is 2.76. The fourth-order valence-corrected chi connectivity index (χ4v) is 2.10. The van der Waals surface area contributed by atoms with E-state index in [-0.39, 0.29) is 17.1 Å². The molecule has 2 heterocycles. The molecule has 6 heteroatoms. The molecule has 0 aliphatic heterocycles. The number of ether oxygens (including phenoxy) is 1. The Morgan fingerprint density at radius 2 is 2.05 bits per heavy atom. The van der Waals surface area contributed by atoms with E-state index >= 15 is 0 Å². The summed E-state index contributed by atoms with van der Waals surface area (Å²) >= 11 is 0. The third-order valence-electron chi connectivity index (χ3n) is 3.06. The lowest BCUT2D eigenvalue weighted by atomic mass is 10.1. The first-order valence-corrected chi connectivity index (χ1v) is 5.88. The van der Waals surface area contributed by atoms with Crippen molar-refractivity contribution in [3.63, 3.8) is 0 Å². The lowest BCUT2D eigenvalue weighted by molar-refractivity contribution is 0.417. The lowest BCUT2D eigenvalue weighted by Crippen LogP contribution is -1.96. The van der Waals surface area contributed by atoms with Crippen molar-refractivity contribution in [3.05, 3.63) is 48.2 Å². The second kappa shape index (κ2) is 4.48. The van der Waals surface area contributed by atoms with E-state index in [9.17, 15) is 8.78 Å². The number of hydrogen-bond acceptors (Lipinski definition) is 3. The number of methoxy groups -OCH3 is 1. The van der Waals surface area contributed by atoms with E-state index in [4.69, 9.17) is 10.5 Å². The molecule has 0 spiro atoms. The Hall–Kier alpha value is -2.63. The maximum Gasteiger partial charge on any atom is 0.181 e. The van der Waals surface area contributed by atoms with Gasteiger partial charge in [-0.25, -0.2) is 13.8 Å². The molecular weight excluding hydrogens is 264 g/mol. The quantitative estimate of drug-likeness (QED) is 0.782. The molecule has 2 N–H and O–H groups in total. The molecule has 3 rings (SSSR count). The molecule has 0 saturated carbocycles. The van der Waals surface area contributed by atoms with Crippen LogP contribution in [0, 0.1) is 11.6 Å². The monoisotopic (exact) mass is 275 g/mol. The van der Waals surface area contributed by atoms with Gasteiger partial charge in [-0.1, -0.05) is 0 Å². The summed E-state index contributed by atoms with van der Waals surface area (Å²) in [7, 11) is 1.51. The molecule has 4 nitrogen and oxygen atoms in total. The van der Waals surface area contributed by atoms with Crippen LogP contribution in [0.3, 0.4) is 0 Å². The van der Waals surface area contributed by atoms with E-state index in [1.54, 1.807) is 22.7 Å². The van der Waals surface area contributed by atoms with E-state index in [1.165, 1.54) is 19.2 Å². The molecule has 0 fully saturated rings. The van der Waals surface area contributed by atoms with Crippen LogP contribution in [0.1, 0.15) is 0 Å². The highest BCUT2D eigenvalue weighted by Gasteiger charge is 2.17. The van der Waals surface area contributed by atoms with Crippen molar-refractivity contribution < 1.29 is 13.5 Å². The van der Waals surface area contributed by atoms with E-state index in [2.05, 4.69) is 4.98 Å². The average molecular weight is 275 g/mol. The molecule has 0 radical (unpaired) electrons. The van der Waals surface area contributed by atoms with Crippen LogP contribution < -0.4 is 10.5 Å². The SMILES string of the molecule is COc1cccn2c(N)c(-c3ccc(F)cc3F)nc12. The summed E-state index contributed by atoms with van der Waals surface area (Å²) in [6, 6.07) is 6.76. The van der Waals surface area contributed by atoms with Crippen LogP contribution in [0.2, 0.25) is 0 Å². The van der Waals surface area contributed by atoms with Crippen LogP contribution in [0.5, 0.6) is 5.75 Å². The van der Waals surface area contributed by atoms with Crippen molar-refractivity contribution in [2.24, 2.45) is 0 Å². The molecule has 0 amide bonds. The summed E-state index contributed by atoms with van der Waals surface area (Å²) in [4.78, 5) is 4.29. The number of nitrogen functional groups attached to an aromatic ring is 1. The van der Waals surface area contributed by atoms with Gasteiger partial charge in [-0.15, -0.1) is 0 Å². The number of halogens is 2. The van der Waals surface area contributed by atoms with Gasteiger partial charge < -0.3 is 10.5 Å². The predicted molar refractivity (Wildman–Crippen MR) is 71.5 cm³/mol. The molecule has 0 unspecified atom stereocenters. The minimum atomic E-state index is -0.709. The third kappa shape index (κ3) is 1.77. The number of pyridine rings is 1. The second-order valence-electron chi connectivity index (χ2n) is 4.24. The van der Waals surface area contributed by atoms with Crippen molar-refractivity contribution in [1.82, 2.24) is 9.38 Å². The van der Waals surface area contributed by atoms with Gasteiger partial charge in [0.25, 0.3) is 0 Å². The minimum Gasteiger partial charge on any atom is -0.493 e. The summed E-state index contributed by atoms with van der Waals surface area (Å²) in [5.74, 6) is -0.567. The number of nitrogens with zero attached hydrogens (tertiary/aromatic N) is 2. The van der Waals surface area contributed by atoms with Gasteiger partial charge in [-0.05, 0) is 24.3 Å². The van der Waals surface area contributed by atoms with E-state index in [1.807, 2.05) is 0 Å². The Morgan fingerprint density at radius 1 is 1.25 bits per heavy atom. The number of nitrogens with two attached hydrogens (primary N) is 1. The number of hydrogen-bond donors (Lipinski definition) is 1. The first kappa shape index (κ1) is 12.4. The number of rotatable bonds is 2. The summed E-state index contributed by atoms with van der Waals surface area (Å²) in [6.45, 7) is 0. The van der Waals surface area contributed by atoms with Gasteiger partial charge in [0.2, 0.25) is 0 Å². The predicted octanol–water partition coefficient (Wildman–Crippen LogP) is 2.87. The van der Waals surface area contributed by atoms with Gasteiger partial charge in [-0.2, -0.15) is 0 Å². The van der Waals surface area contributed by atoms with Gasteiger partial charge in [0.15, 0.2) is 11.4 Å². The maximum absolute atomic E-state index is 13.9. The van der Waals surface area contributed by atoms with Gasteiger partial charge in [0, 0.05) is 17.8 Å². The largest absolute Gasteiger partial charge is 0.493 e. The van der Waals surface area contributed by atoms with Crippen molar-refractivity contribution in [2.45, 2.75) is 0 Å². The molecular formula is C14H11F2N3O. The topological polar surface area (TPSA) is 52.5 Å². The fraction of sp³-hybridized carbons (Fsp3) is 0.0714. The summed E-state index contributed by atoms with van der Waals surface area (Å²) in [5.41, 5.74) is 6.87. The summed E-state index contributed by atoms with van der Waals surface area (Å²) in [6.07, 6.45) is 1.70. The maximum atomic E-state index is 13.9. The Kier molecular flexibility index (Phi) is 2.78. The third-order valence-corrected chi connectivity index (χ3v) is 3.06. The van der Waals surface area contributed by atoms with E-state index in [0.717, 1.165) is 6.07 Å². The first-order valence-electron chi connectivity index (χ1n) is 5.88. The van der Waals surface area contributed by atoms with Gasteiger partial charge >= 0.3 is 0 Å². The minimum absolute atomic E-state index is 0.148. The van der Waals surface area contributed by atoms with E-state index in [0.29, 0.717) is 11.4 Å². The number of fused-ring (bicyclic) bond motifs is 1. The zero-order valence-electron chi connectivity index (χ0n) is 10.6. The Morgan fingerprint density at radius 3 is 2.75 bits per heavy atom. The number of benzene rings is 1. The standard InChI is InChI=1S/C14H11F2N3O/c1-20-11-3-2-6-19-13(17)12(18-14(11)19)9-5-4-8(15)7-10(9)16/h2-7H,17H2,1H3. The van der Waals surface area contributed by atoms with Crippen LogP contribution in [0.4, 0.5) is 14.6 Å². The van der Waals surface area contributed by atoms with Crippen LogP contribution in [-0.4, -0.2) is 16.5 Å². The van der Waals surface area contributed by atoms with Crippen molar-refractivity contribution in [2.75, 3.05) is 12.8 Å². The second-order valence-corrected chi connectivity index (χ2v) is 4.24. The normalized spacial score (nSPS) is 10.9. The number of anilines is 1. The molecule has 1 aromatic carbocycles. The number of imidazole rings is 1. The Balaban J connectivity index is 2.29. The highest BCUT2D eigenvalue weighted by molar-refractivity contribution is 5.77. The van der Waals surface area contributed by atoms with Crippen molar-refractivity contribution in [3.8, 4) is 17.0 Å². The Labute approximate surface area is 113 Å². The molecule has 0 bridgehead atoms. The van der Waals surface area contributed by atoms with E-state index < -0.39 is 11.6 Å². The van der Waals surface area contributed by atoms with Crippen LogP contribution in [0.15, 0.2) is 36.5 Å². The fourth-order valence-electron chi connectivity index (χ4n) is 2.10.